The van der Waals surface area contributed by atoms with E-state index in [0.717, 1.165) is 22.3 Å². The molecule has 0 aromatic heterocycles. The summed E-state index contributed by atoms with van der Waals surface area (Å²) in [4.78, 5) is 27.1. The van der Waals surface area contributed by atoms with Crippen molar-refractivity contribution in [3.63, 3.8) is 0 Å². The lowest BCUT2D eigenvalue weighted by Gasteiger charge is -2.27. The standard InChI is InChI=1S/C40H28N2O5/c43-39(37-29-9-1-5-13-33(29)46-34-14-6-2-10-30(34)37)41-25-17-21-27(22-18-25)45-28-23-19-26(20-24-28)42-40(44)38-31-11-3-7-15-35(31)47-36-16-8-4-12-32(36)38/h1-24,37-38H,(H,41,43)(H,42,44). The zero-order chi connectivity index (χ0) is 31.7. The molecule has 0 bridgehead atoms. The number of anilines is 2. The van der Waals surface area contributed by atoms with E-state index in [1.807, 2.05) is 121 Å². The summed E-state index contributed by atoms with van der Waals surface area (Å²) in [6.45, 7) is 0. The van der Waals surface area contributed by atoms with Crippen LogP contribution in [0, 0.1) is 0 Å². The van der Waals surface area contributed by atoms with E-state index in [9.17, 15) is 9.59 Å². The van der Waals surface area contributed by atoms with Crippen molar-refractivity contribution in [1.29, 1.82) is 0 Å². The third-order valence-electron chi connectivity index (χ3n) is 8.36. The fraction of sp³-hybridized carbons (Fsp3) is 0.0500. The highest BCUT2D eigenvalue weighted by Crippen LogP contribution is 2.45. The molecule has 8 rings (SSSR count). The van der Waals surface area contributed by atoms with E-state index in [2.05, 4.69) is 10.6 Å². The quantitative estimate of drug-likeness (QED) is 0.195. The molecule has 2 N–H and O–H groups in total. The largest absolute Gasteiger partial charge is 0.457 e. The molecule has 7 heteroatoms. The van der Waals surface area contributed by atoms with Crippen LogP contribution in [0.15, 0.2) is 146 Å². The molecule has 2 aliphatic heterocycles. The van der Waals surface area contributed by atoms with Crippen LogP contribution in [-0.4, -0.2) is 11.8 Å². The van der Waals surface area contributed by atoms with Crippen LogP contribution >= 0.6 is 0 Å². The number of ether oxygens (including phenoxy) is 3. The van der Waals surface area contributed by atoms with Crippen LogP contribution in [0.4, 0.5) is 11.4 Å². The Balaban J connectivity index is 0.933. The molecule has 6 aromatic carbocycles. The zero-order valence-electron chi connectivity index (χ0n) is 25.1. The number of benzene rings is 6. The smallest absolute Gasteiger partial charge is 0.236 e. The van der Waals surface area contributed by atoms with Crippen molar-refractivity contribution in [1.82, 2.24) is 0 Å². The minimum atomic E-state index is -0.498. The van der Waals surface area contributed by atoms with E-state index in [0.29, 0.717) is 45.9 Å². The Labute approximate surface area is 271 Å². The van der Waals surface area contributed by atoms with Crippen molar-refractivity contribution >= 4 is 23.2 Å². The van der Waals surface area contributed by atoms with Gasteiger partial charge in [-0.2, -0.15) is 0 Å². The van der Waals surface area contributed by atoms with Gasteiger partial charge in [0, 0.05) is 33.6 Å². The molecule has 47 heavy (non-hydrogen) atoms. The van der Waals surface area contributed by atoms with Crippen molar-refractivity contribution < 1.29 is 23.8 Å². The molecule has 0 saturated heterocycles. The van der Waals surface area contributed by atoms with Gasteiger partial charge in [-0.05, 0) is 72.8 Å². The number of hydrogen-bond donors (Lipinski definition) is 2. The summed E-state index contributed by atoms with van der Waals surface area (Å²) >= 11 is 0. The third-order valence-corrected chi connectivity index (χ3v) is 8.36. The fourth-order valence-corrected chi connectivity index (χ4v) is 6.16. The Bertz CT molecular complexity index is 1880. The summed E-state index contributed by atoms with van der Waals surface area (Å²) in [5, 5.41) is 6.10. The molecule has 228 valence electrons. The SMILES string of the molecule is O=C(Nc1ccc(Oc2ccc(NC(=O)C3c4ccccc4Oc4ccccc43)cc2)cc1)C1c2ccccc2Oc2ccccc21. The second kappa shape index (κ2) is 11.9. The van der Waals surface area contributed by atoms with Gasteiger partial charge in [0.15, 0.2) is 0 Å². The molecule has 0 spiro atoms. The molecule has 7 nitrogen and oxygen atoms in total. The van der Waals surface area contributed by atoms with Gasteiger partial charge in [0.25, 0.3) is 0 Å². The Morgan fingerprint density at radius 1 is 0.426 bits per heavy atom. The van der Waals surface area contributed by atoms with Gasteiger partial charge >= 0.3 is 0 Å². The van der Waals surface area contributed by atoms with Crippen molar-refractivity contribution in [2.75, 3.05) is 10.6 Å². The predicted octanol–water partition coefficient (Wildman–Crippen LogP) is 9.23. The second-order valence-electron chi connectivity index (χ2n) is 11.4. The summed E-state index contributed by atoms with van der Waals surface area (Å²) < 4.78 is 18.1. The Morgan fingerprint density at radius 2 is 0.723 bits per heavy atom. The van der Waals surface area contributed by atoms with Gasteiger partial charge in [-0.3, -0.25) is 9.59 Å². The first-order valence-corrected chi connectivity index (χ1v) is 15.3. The molecular weight excluding hydrogens is 588 g/mol. The first-order chi connectivity index (χ1) is 23.1. The average Bonchev–Trinajstić information content (AvgIpc) is 3.11. The molecule has 2 heterocycles. The third kappa shape index (κ3) is 5.44. The number of carbonyl (C=O) groups is 2. The van der Waals surface area contributed by atoms with Crippen LogP contribution in [0.1, 0.15) is 34.1 Å². The first kappa shape index (κ1) is 28.2. The van der Waals surface area contributed by atoms with E-state index < -0.39 is 11.8 Å². The Hall–Kier alpha value is -6.34. The number of rotatable bonds is 6. The number of hydrogen-bond acceptors (Lipinski definition) is 5. The maximum absolute atomic E-state index is 13.6. The minimum absolute atomic E-state index is 0.146. The van der Waals surface area contributed by atoms with Crippen LogP contribution in [0.5, 0.6) is 34.5 Å². The van der Waals surface area contributed by atoms with E-state index in [1.54, 1.807) is 24.3 Å². The minimum Gasteiger partial charge on any atom is -0.457 e. The Morgan fingerprint density at radius 3 is 1.04 bits per heavy atom. The molecule has 0 aliphatic carbocycles. The number of para-hydroxylation sites is 4. The molecular formula is C40H28N2O5. The van der Waals surface area contributed by atoms with Crippen LogP contribution in [0.25, 0.3) is 0 Å². The van der Waals surface area contributed by atoms with Crippen molar-refractivity contribution in [2.45, 2.75) is 11.8 Å². The van der Waals surface area contributed by atoms with Crippen LogP contribution < -0.4 is 24.8 Å². The van der Waals surface area contributed by atoms with Gasteiger partial charge in [0.2, 0.25) is 11.8 Å². The van der Waals surface area contributed by atoms with Gasteiger partial charge < -0.3 is 24.8 Å². The molecule has 0 unspecified atom stereocenters. The number of fused-ring (bicyclic) bond motifs is 4. The number of carbonyl (C=O) groups excluding carboxylic acids is 2. The highest BCUT2D eigenvalue weighted by atomic mass is 16.5. The zero-order valence-corrected chi connectivity index (χ0v) is 25.1. The maximum atomic E-state index is 13.6. The van der Waals surface area contributed by atoms with Gasteiger partial charge in [0.1, 0.15) is 34.5 Å². The maximum Gasteiger partial charge on any atom is 0.236 e. The van der Waals surface area contributed by atoms with Crippen LogP contribution in [0.2, 0.25) is 0 Å². The van der Waals surface area contributed by atoms with E-state index in [-0.39, 0.29) is 11.8 Å². The lowest BCUT2D eigenvalue weighted by atomic mass is 9.87. The van der Waals surface area contributed by atoms with Crippen molar-refractivity contribution in [3.8, 4) is 34.5 Å². The van der Waals surface area contributed by atoms with Gasteiger partial charge in [-0.1, -0.05) is 72.8 Å². The molecule has 0 saturated carbocycles. The van der Waals surface area contributed by atoms with Gasteiger partial charge in [0.05, 0.1) is 11.8 Å². The normalized spacial score (nSPS) is 13.0. The van der Waals surface area contributed by atoms with Crippen molar-refractivity contribution in [3.05, 3.63) is 168 Å². The predicted molar refractivity (Wildman–Crippen MR) is 180 cm³/mol. The summed E-state index contributed by atoms with van der Waals surface area (Å²) in [5.41, 5.74) is 4.60. The molecule has 0 atom stereocenters. The summed E-state index contributed by atoms with van der Waals surface area (Å²) in [7, 11) is 0. The Kier molecular flexibility index (Phi) is 7.11. The van der Waals surface area contributed by atoms with Crippen LogP contribution in [-0.2, 0) is 9.59 Å². The number of nitrogens with one attached hydrogen (secondary N) is 2. The second-order valence-corrected chi connectivity index (χ2v) is 11.4. The van der Waals surface area contributed by atoms with E-state index in [4.69, 9.17) is 14.2 Å². The molecule has 6 aromatic rings. The van der Waals surface area contributed by atoms with E-state index in [1.165, 1.54) is 0 Å². The first-order valence-electron chi connectivity index (χ1n) is 15.3. The van der Waals surface area contributed by atoms with Gasteiger partial charge in [-0.15, -0.1) is 0 Å². The lowest BCUT2D eigenvalue weighted by Crippen LogP contribution is -2.25. The van der Waals surface area contributed by atoms with Gasteiger partial charge in [-0.25, -0.2) is 0 Å². The topological polar surface area (TPSA) is 85.9 Å². The summed E-state index contributed by atoms with van der Waals surface area (Å²) in [6.07, 6.45) is 0. The highest BCUT2D eigenvalue weighted by Gasteiger charge is 2.33. The summed E-state index contributed by atoms with van der Waals surface area (Å²) in [6, 6.07) is 44.9. The van der Waals surface area contributed by atoms with Crippen molar-refractivity contribution in [2.24, 2.45) is 0 Å². The van der Waals surface area contributed by atoms with E-state index >= 15 is 0 Å². The molecule has 2 aliphatic rings. The molecule has 0 fully saturated rings. The summed E-state index contributed by atoms with van der Waals surface area (Å²) in [5.74, 6) is 2.65. The molecule has 2 amide bonds. The lowest BCUT2D eigenvalue weighted by molar-refractivity contribution is -0.117. The monoisotopic (exact) mass is 616 g/mol. The average molecular weight is 617 g/mol. The molecule has 0 radical (unpaired) electrons. The van der Waals surface area contributed by atoms with Crippen LogP contribution in [0.3, 0.4) is 0 Å². The fourth-order valence-electron chi connectivity index (χ4n) is 6.16. The highest BCUT2D eigenvalue weighted by molar-refractivity contribution is 6.00. The number of amides is 2.